The molecular formula is C8H16N2O. The van der Waals surface area contributed by atoms with Gasteiger partial charge in [0.15, 0.2) is 0 Å². The van der Waals surface area contributed by atoms with Crippen LogP contribution in [0.3, 0.4) is 0 Å². The number of hydrogen-bond acceptors (Lipinski definition) is 2. The van der Waals surface area contributed by atoms with E-state index in [9.17, 15) is 4.79 Å². The molecule has 3 nitrogen and oxygen atoms in total. The van der Waals surface area contributed by atoms with Crippen LogP contribution in [0.15, 0.2) is 0 Å². The highest BCUT2D eigenvalue weighted by Crippen LogP contribution is 2.27. The average Bonchev–Trinajstić information content (AvgIpc) is 2.28. The van der Waals surface area contributed by atoms with Crippen LogP contribution in [-0.4, -0.2) is 29.4 Å². The Labute approximate surface area is 67.5 Å². The van der Waals surface area contributed by atoms with E-state index in [1.54, 1.807) is 0 Å². The van der Waals surface area contributed by atoms with Crippen LogP contribution >= 0.6 is 0 Å². The molecular weight excluding hydrogens is 140 g/mol. The molecule has 0 aromatic carbocycles. The van der Waals surface area contributed by atoms with Crippen molar-refractivity contribution in [1.82, 2.24) is 4.90 Å². The number of carbonyl (C=O) groups is 1. The maximum atomic E-state index is 11.2. The zero-order valence-corrected chi connectivity index (χ0v) is 7.26. The molecule has 1 fully saturated rings. The number of amides is 1. The lowest BCUT2D eigenvalue weighted by Gasteiger charge is -2.31. The molecule has 11 heavy (non-hydrogen) atoms. The summed E-state index contributed by atoms with van der Waals surface area (Å²) in [5, 5.41) is 0. The van der Waals surface area contributed by atoms with Gasteiger partial charge in [0.25, 0.3) is 0 Å². The monoisotopic (exact) mass is 156 g/mol. The molecule has 0 aromatic rings. The van der Waals surface area contributed by atoms with Gasteiger partial charge in [-0.15, -0.1) is 0 Å². The maximum absolute atomic E-state index is 11.2. The van der Waals surface area contributed by atoms with Crippen molar-refractivity contribution in [2.75, 3.05) is 13.1 Å². The fourth-order valence-corrected chi connectivity index (χ4v) is 1.68. The van der Waals surface area contributed by atoms with E-state index in [1.165, 1.54) is 0 Å². The van der Waals surface area contributed by atoms with Gasteiger partial charge in [0.1, 0.15) is 0 Å². The second-order valence-corrected chi connectivity index (χ2v) is 3.67. The number of rotatable bonds is 1. The summed E-state index contributed by atoms with van der Waals surface area (Å²) < 4.78 is 0. The number of hydrogen-bond donors (Lipinski definition) is 1. The lowest BCUT2D eigenvalue weighted by Crippen LogP contribution is -2.45. The van der Waals surface area contributed by atoms with Crippen molar-refractivity contribution in [3.05, 3.63) is 0 Å². The van der Waals surface area contributed by atoms with E-state index >= 15 is 0 Å². The van der Waals surface area contributed by atoms with Gasteiger partial charge in [0.05, 0.1) is 6.54 Å². The van der Waals surface area contributed by atoms with Crippen molar-refractivity contribution in [1.29, 1.82) is 0 Å². The second-order valence-electron chi connectivity index (χ2n) is 3.67. The fourth-order valence-electron chi connectivity index (χ4n) is 1.68. The lowest BCUT2D eigenvalue weighted by molar-refractivity contribution is -0.132. The predicted octanol–water partition coefficient (Wildman–Crippen LogP) is 0.346. The molecule has 3 heteroatoms. The maximum Gasteiger partial charge on any atom is 0.236 e. The lowest BCUT2D eigenvalue weighted by atomic mass is 10.0. The molecule has 0 radical (unpaired) electrons. The minimum atomic E-state index is 0.0381. The highest BCUT2D eigenvalue weighted by Gasteiger charge is 2.34. The van der Waals surface area contributed by atoms with Crippen molar-refractivity contribution < 1.29 is 4.79 Å². The summed E-state index contributed by atoms with van der Waals surface area (Å²) in [7, 11) is 0. The van der Waals surface area contributed by atoms with Crippen LogP contribution in [0.1, 0.15) is 26.7 Å². The van der Waals surface area contributed by atoms with E-state index in [4.69, 9.17) is 5.73 Å². The van der Waals surface area contributed by atoms with Gasteiger partial charge >= 0.3 is 0 Å². The molecule has 1 rings (SSSR count). The van der Waals surface area contributed by atoms with Crippen molar-refractivity contribution in [3.8, 4) is 0 Å². The Kier molecular flexibility index (Phi) is 2.18. The molecule has 0 aliphatic carbocycles. The van der Waals surface area contributed by atoms with Gasteiger partial charge < -0.3 is 10.6 Å². The Morgan fingerprint density at radius 1 is 1.64 bits per heavy atom. The number of likely N-dealkylation sites (tertiary alicyclic amines) is 1. The molecule has 0 aromatic heterocycles. The Morgan fingerprint density at radius 2 is 2.27 bits per heavy atom. The van der Waals surface area contributed by atoms with Crippen LogP contribution in [-0.2, 0) is 4.79 Å². The average molecular weight is 156 g/mol. The van der Waals surface area contributed by atoms with Crippen molar-refractivity contribution >= 4 is 5.91 Å². The topological polar surface area (TPSA) is 46.3 Å². The van der Waals surface area contributed by atoms with Crippen molar-refractivity contribution in [2.24, 2.45) is 5.73 Å². The Bertz CT molecular complexity index is 165. The summed E-state index contributed by atoms with van der Waals surface area (Å²) in [5.41, 5.74) is 5.32. The molecule has 0 atom stereocenters. The molecule has 1 aliphatic heterocycles. The SMILES string of the molecule is CC1(C)CCCN1C(=O)CN. The third-order valence-corrected chi connectivity index (χ3v) is 2.38. The van der Waals surface area contributed by atoms with Crippen LogP contribution in [0.4, 0.5) is 0 Å². The fraction of sp³-hybridized carbons (Fsp3) is 0.875. The van der Waals surface area contributed by atoms with E-state index < -0.39 is 0 Å². The standard InChI is InChI=1S/C8H16N2O/c1-8(2)4-3-5-10(8)7(11)6-9/h3-6,9H2,1-2H3. The summed E-state index contributed by atoms with van der Waals surface area (Å²) in [6, 6.07) is 0. The molecule has 1 heterocycles. The molecule has 1 aliphatic rings. The number of nitrogens with two attached hydrogens (primary N) is 1. The second kappa shape index (κ2) is 2.81. The van der Waals surface area contributed by atoms with Gasteiger partial charge in [-0.1, -0.05) is 0 Å². The Morgan fingerprint density at radius 3 is 2.64 bits per heavy atom. The van der Waals surface area contributed by atoms with Crippen molar-refractivity contribution in [3.63, 3.8) is 0 Å². The third-order valence-electron chi connectivity index (χ3n) is 2.38. The molecule has 1 amide bonds. The first-order valence-electron chi connectivity index (χ1n) is 4.08. The van der Waals surface area contributed by atoms with E-state index in [0.29, 0.717) is 0 Å². The van der Waals surface area contributed by atoms with E-state index in [-0.39, 0.29) is 18.0 Å². The molecule has 0 spiro atoms. The molecule has 0 saturated carbocycles. The zero-order chi connectivity index (χ0) is 8.48. The molecule has 1 saturated heterocycles. The quantitative estimate of drug-likeness (QED) is 0.595. The summed E-state index contributed by atoms with van der Waals surface area (Å²) in [5.74, 6) is 0.0764. The van der Waals surface area contributed by atoms with Crippen molar-refractivity contribution in [2.45, 2.75) is 32.2 Å². The van der Waals surface area contributed by atoms with Crippen LogP contribution in [0.5, 0.6) is 0 Å². The number of nitrogens with zero attached hydrogens (tertiary/aromatic N) is 1. The molecule has 64 valence electrons. The predicted molar refractivity (Wildman–Crippen MR) is 44.1 cm³/mol. The highest BCUT2D eigenvalue weighted by molar-refractivity contribution is 5.79. The summed E-state index contributed by atoms with van der Waals surface area (Å²) in [6.07, 6.45) is 2.21. The van der Waals surface area contributed by atoms with Crippen LogP contribution < -0.4 is 5.73 Å². The first-order valence-corrected chi connectivity index (χ1v) is 4.08. The Balaban J connectivity index is 2.64. The van der Waals surface area contributed by atoms with Gasteiger partial charge in [0, 0.05) is 12.1 Å². The largest absolute Gasteiger partial charge is 0.336 e. The minimum absolute atomic E-state index is 0.0381. The summed E-state index contributed by atoms with van der Waals surface area (Å²) >= 11 is 0. The van der Waals surface area contributed by atoms with Gasteiger partial charge in [-0.3, -0.25) is 4.79 Å². The summed E-state index contributed by atoms with van der Waals surface area (Å²) in [4.78, 5) is 13.1. The first-order chi connectivity index (χ1) is 5.08. The van der Waals surface area contributed by atoms with E-state index in [2.05, 4.69) is 13.8 Å². The van der Waals surface area contributed by atoms with Gasteiger partial charge in [-0.2, -0.15) is 0 Å². The molecule has 2 N–H and O–H groups in total. The minimum Gasteiger partial charge on any atom is -0.336 e. The summed E-state index contributed by atoms with van der Waals surface area (Å²) in [6.45, 7) is 5.20. The van der Waals surface area contributed by atoms with Crippen LogP contribution in [0, 0.1) is 0 Å². The normalized spacial score (nSPS) is 22.3. The first kappa shape index (κ1) is 8.53. The smallest absolute Gasteiger partial charge is 0.236 e. The third kappa shape index (κ3) is 1.53. The van der Waals surface area contributed by atoms with Crippen LogP contribution in [0.25, 0.3) is 0 Å². The molecule has 0 unspecified atom stereocenters. The van der Waals surface area contributed by atoms with Crippen LogP contribution in [0.2, 0.25) is 0 Å². The highest BCUT2D eigenvalue weighted by atomic mass is 16.2. The van der Waals surface area contributed by atoms with E-state index in [0.717, 1.165) is 19.4 Å². The van der Waals surface area contributed by atoms with E-state index in [1.807, 2.05) is 4.90 Å². The Hall–Kier alpha value is -0.570. The van der Waals surface area contributed by atoms with Gasteiger partial charge in [-0.25, -0.2) is 0 Å². The molecule has 0 bridgehead atoms. The van der Waals surface area contributed by atoms with Gasteiger partial charge in [0.2, 0.25) is 5.91 Å². The van der Waals surface area contributed by atoms with Gasteiger partial charge in [-0.05, 0) is 26.7 Å². The zero-order valence-electron chi connectivity index (χ0n) is 7.26. The number of carbonyl (C=O) groups excluding carboxylic acids is 1.